The van der Waals surface area contributed by atoms with Crippen molar-refractivity contribution in [3.05, 3.63) is 167 Å². The van der Waals surface area contributed by atoms with Gasteiger partial charge in [0.25, 0.3) is 5.91 Å². The first-order chi connectivity index (χ1) is 33.8. The van der Waals surface area contributed by atoms with Gasteiger partial charge in [-0.1, -0.05) is 128 Å². The zero-order valence-corrected chi connectivity index (χ0v) is 40.8. The second-order valence-electron chi connectivity index (χ2n) is 18.9. The molecule has 6 heterocycles. The smallest absolute Gasteiger partial charge is 0.258 e. The molecule has 0 aromatic heterocycles. The number of benzene rings is 5. The zero-order valence-electron chi connectivity index (χ0n) is 40.8. The van der Waals surface area contributed by atoms with E-state index < -0.39 is 0 Å². The highest BCUT2D eigenvalue weighted by Crippen LogP contribution is 2.42. The highest BCUT2D eigenvalue weighted by Gasteiger charge is 2.40. The van der Waals surface area contributed by atoms with Crippen molar-refractivity contribution in [2.75, 3.05) is 54.0 Å². The summed E-state index contributed by atoms with van der Waals surface area (Å²) >= 11 is 0. The predicted octanol–water partition coefficient (Wildman–Crippen LogP) is 10.1. The second-order valence-corrected chi connectivity index (χ2v) is 18.9. The van der Waals surface area contributed by atoms with E-state index in [2.05, 4.69) is 129 Å². The van der Waals surface area contributed by atoms with Gasteiger partial charge in [0.05, 0.1) is 18.0 Å². The normalized spacial score (nSPS) is 20.3. The van der Waals surface area contributed by atoms with Crippen LogP contribution >= 0.6 is 0 Å². The van der Waals surface area contributed by atoms with Crippen molar-refractivity contribution in [1.82, 2.24) is 15.1 Å². The maximum Gasteiger partial charge on any atom is 0.258 e. The van der Waals surface area contributed by atoms with Crippen LogP contribution in [0.5, 0.6) is 0 Å². The molecule has 1 unspecified atom stereocenters. The number of nitrogens with zero attached hydrogens (tertiary/aromatic N) is 5. The van der Waals surface area contributed by atoms with Gasteiger partial charge < -0.3 is 24.8 Å². The summed E-state index contributed by atoms with van der Waals surface area (Å²) in [6.07, 6.45) is 10.5. The van der Waals surface area contributed by atoms with Crippen LogP contribution in [0.2, 0.25) is 0 Å². The monoisotopic (exact) mass is 929 g/mol. The van der Waals surface area contributed by atoms with Crippen molar-refractivity contribution in [2.24, 2.45) is 0 Å². The topological polar surface area (TPSA) is 96.5 Å². The largest absolute Gasteiger partial charge is 0.317 e. The number of rotatable bonds is 8. The molecule has 5 aromatic rings. The van der Waals surface area contributed by atoms with Gasteiger partial charge in [-0.2, -0.15) is 0 Å². The third-order valence-electron chi connectivity index (χ3n) is 14.6. The van der Waals surface area contributed by atoms with Crippen molar-refractivity contribution in [3.8, 4) is 0 Å². The van der Waals surface area contributed by atoms with E-state index in [-0.39, 0.29) is 19.2 Å². The number of hydrogen-bond acceptors (Lipinski definition) is 7. The molecule has 3 fully saturated rings. The van der Waals surface area contributed by atoms with E-state index in [4.69, 9.17) is 4.79 Å². The Morgan fingerprint density at radius 2 is 1.04 bits per heavy atom. The average molecular weight is 929 g/mol. The van der Waals surface area contributed by atoms with E-state index in [9.17, 15) is 14.4 Å². The van der Waals surface area contributed by atoms with Gasteiger partial charge in [-0.15, -0.1) is 0 Å². The minimum absolute atomic E-state index is 0. The first-order valence-electron chi connectivity index (χ1n) is 25.4. The molecule has 0 saturated carbocycles. The number of aldehydes is 1. The van der Waals surface area contributed by atoms with Crippen LogP contribution in [0.1, 0.15) is 101 Å². The molecule has 10 heteroatoms. The molecule has 1 N–H and O–H groups in total. The molecule has 0 bridgehead atoms. The Morgan fingerprint density at radius 3 is 1.61 bits per heavy atom. The van der Waals surface area contributed by atoms with Gasteiger partial charge >= 0.3 is 0 Å². The van der Waals surface area contributed by atoms with Crippen LogP contribution in [0.3, 0.4) is 0 Å². The molecule has 6 aliphatic heterocycles. The minimum atomic E-state index is 0. The van der Waals surface area contributed by atoms with Crippen LogP contribution in [-0.4, -0.2) is 91.2 Å². The molecule has 0 spiro atoms. The number of nitrogens with one attached hydrogen (secondary N) is 1. The van der Waals surface area contributed by atoms with Gasteiger partial charge in [-0.05, 0) is 112 Å². The van der Waals surface area contributed by atoms with Gasteiger partial charge in [-0.3, -0.25) is 24.2 Å². The number of para-hydroxylation sites is 3. The molecule has 1 atom stereocenters. The first kappa shape index (κ1) is 49.2. The Bertz CT molecular complexity index is 2530. The van der Waals surface area contributed by atoms with Crippen molar-refractivity contribution in [1.29, 1.82) is 0 Å². The third-order valence-corrected chi connectivity index (χ3v) is 14.6. The van der Waals surface area contributed by atoms with Crippen LogP contribution in [0, 0.1) is 0 Å². The van der Waals surface area contributed by atoms with E-state index in [0.29, 0.717) is 30.5 Å². The predicted molar refractivity (Wildman–Crippen MR) is 281 cm³/mol. The Morgan fingerprint density at radius 1 is 0.565 bits per heavy atom. The Kier molecular flexibility index (Phi) is 17.0. The maximum atomic E-state index is 12.9. The molecule has 11 rings (SSSR count). The van der Waals surface area contributed by atoms with E-state index in [1.54, 1.807) is 0 Å². The SMILES string of the molecule is C/C=C1\C(=O)N(C2CCN(Cc3ccccc3)CC2)c2ccccc21.CC=O.CCC1C(=O)N(C2CCNCC2)c2ccccc21.O=C1Cc2ccccc2N1C1CCN(Cc2ccccc2)CC1.[HH]. The summed E-state index contributed by atoms with van der Waals surface area (Å²) in [5, 5.41) is 3.36. The molecule has 10 nitrogen and oxygen atoms in total. The lowest BCUT2D eigenvalue weighted by Crippen LogP contribution is -2.46. The number of hydrogen-bond donors (Lipinski definition) is 1. The third kappa shape index (κ3) is 11.5. The van der Waals surface area contributed by atoms with Gasteiger partial charge in [0, 0.05) is 81.3 Å². The number of amides is 3. The number of carbonyl (C=O) groups excluding carboxylic acids is 4. The van der Waals surface area contributed by atoms with Crippen molar-refractivity contribution < 1.29 is 20.6 Å². The van der Waals surface area contributed by atoms with Crippen LogP contribution < -0.4 is 20.0 Å². The molecule has 3 amide bonds. The molecule has 6 aliphatic rings. The van der Waals surface area contributed by atoms with Crippen LogP contribution in [-0.2, 0) is 38.7 Å². The Hall–Kier alpha value is -6.20. The van der Waals surface area contributed by atoms with Crippen LogP contribution in [0.25, 0.3) is 5.57 Å². The fourth-order valence-corrected chi connectivity index (χ4v) is 11.2. The quantitative estimate of drug-likeness (QED) is 0.122. The lowest BCUT2D eigenvalue weighted by molar-refractivity contribution is -0.120. The van der Waals surface area contributed by atoms with E-state index in [0.717, 1.165) is 132 Å². The summed E-state index contributed by atoms with van der Waals surface area (Å²) in [6, 6.07) is 47.0. The minimum Gasteiger partial charge on any atom is -0.317 e. The van der Waals surface area contributed by atoms with Gasteiger partial charge in [-0.25, -0.2) is 0 Å². The Labute approximate surface area is 411 Å². The maximum absolute atomic E-state index is 12.9. The van der Waals surface area contributed by atoms with Gasteiger partial charge in [0.1, 0.15) is 6.29 Å². The van der Waals surface area contributed by atoms with E-state index in [1.807, 2.05) is 54.3 Å². The number of carbonyl (C=O) groups is 4. The average Bonchev–Trinajstić information content (AvgIpc) is 3.99. The van der Waals surface area contributed by atoms with Crippen LogP contribution in [0.15, 0.2) is 140 Å². The number of anilines is 3. The molecule has 5 aromatic carbocycles. The Balaban J connectivity index is 0.000000151. The molecule has 0 radical (unpaired) electrons. The lowest BCUT2D eigenvalue weighted by atomic mass is 9.98. The summed E-state index contributed by atoms with van der Waals surface area (Å²) in [4.78, 5) is 57.9. The van der Waals surface area contributed by atoms with Crippen LogP contribution in [0.4, 0.5) is 17.1 Å². The molecule has 69 heavy (non-hydrogen) atoms. The summed E-state index contributed by atoms with van der Waals surface area (Å²) in [5.74, 6) is 0.833. The second kappa shape index (κ2) is 23.9. The molecule has 3 saturated heterocycles. The molecule has 0 aliphatic carbocycles. The summed E-state index contributed by atoms with van der Waals surface area (Å²) in [7, 11) is 0. The molecular weight excluding hydrogens is 857 g/mol. The summed E-state index contributed by atoms with van der Waals surface area (Å²) in [5.41, 5.74) is 10.5. The molecule has 362 valence electrons. The lowest BCUT2D eigenvalue weighted by Gasteiger charge is -2.37. The highest BCUT2D eigenvalue weighted by molar-refractivity contribution is 6.32. The fraction of sp³-hybridized carbons (Fsp3) is 0.390. The number of fused-ring (bicyclic) bond motifs is 3. The standard InChI is InChI=1S/C22H24N2O.C20H22N2O.C15H20N2O.C2H4O.H2/c1-2-19-20-10-6-7-11-21(20)24(22(19)25)18-12-14-23(15-13-18)16-17-8-4-3-5-9-17;23-20-14-17-8-4-5-9-19(17)22(20)18-10-12-21(13-11-18)15-16-6-2-1-3-7-16;1-2-12-13-5-3-4-6-14(13)17(15(12)18)11-7-9-16-10-8-11;1-2-3;/h2-11,18H,12-16H2,1H3;1-9,18H,10-15H2;3-6,11-12,16H,2,7-10H2,1H3;2H,1H3;1H/b19-2-;;;;. The number of likely N-dealkylation sites (tertiary alicyclic amines) is 2. The van der Waals surface area contributed by atoms with Gasteiger partial charge in [0.15, 0.2) is 0 Å². The molecular formula is C59H72N6O4. The summed E-state index contributed by atoms with van der Waals surface area (Å²) < 4.78 is 0. The number of piperidine rings is 3. The number of allylic oxidation sites excluding steroid dienone is 1. The zero-order chi connectivity index (χ0) is 48.1. The van der Waals surface area contributed by atoms with Gasteiger partial charge in [0.2, 0.25) is 11.8 Å². The fourth-order valence-electron chi connectivity index (χ4n) is 11.2. The van der Waals surface area contributed by atoms with E-state index >= 15 is 0 Å². The van der Waals surface area contributed by atoms with Crippen molar-refractivity contribution in [2.45, 2.75) is 109 Å². The van der Waals surface area contributed by atoms with E-state index in [1.165, 1.54) is 29.2 Å². The summed E-state index contributed by atoms with van der Waals surface area (Å²) in [6.45, 7) is 13.8. The van der Waals surface area contributed by atoms with Crippen molar-refractivity contribution >= 4 is 46.6 Å². The highest BCUT2D eigenvalue weighted by atomic mass is 16.2. The first-order valence-corrected chi connectivity index (χ1v) is 25.4. The van der Waals surface area contributed by atoms with Crippen molar-refractivity contribution in [3.63, 3.8) is 0 Å².